The van der Waals surface area contributed by atoms with Crippen molar-refractivity contribution in [3.8, 4) is 0 Å². The van der Waals surface area contributed by atoms with Gasteiger partial charge < -0.3 is 4.74 Å². The number of unbranched alkanes of at least 4 members (excludes halogenated alkanes) is 5. The van der Waals surface area contributed by atoms with Crippen LogP contribution in [0.3, 0.4) is 0 Å². The van der Waals surface area contributed by atoms with E-state index >= 15 is 0 Å². The third kappa shape index (κ3) is 9.56. The molecule has 0 aliphatic rings. The molecule has 0 unspecified atom stereocenters. The van der Waals surface area contributed by atoms with E-state index in [2.05, 4.69) is 13.8 Å². The van der Waals surface area contributed by atoms with Crippen LogP contribution in [0.5, 0.6) is 0 Å². The third-order valence-corrected chi connectivity index (χ3v) is 2.14. The molecule has 0 atom stereocenters. The Labute approximate surface area is 88.0 Å². The highest BCUT2D eigenvalue weighted by molar-refractivity contribution is 5.69. The Kier molecular flexibility index (Phi) is 10.2. The van der Waals surface area contributed by atoms with Crippen LogP contribution in [-0.4, -0.2) is 12.6 Å². The molecule has 0 amide bonds. The molecule has 0 aromatic heterocycles. The number of ether oxygens (including phenoxy) is 1. The Balaban J connectivity index is 3.10. The molecule has 0 saturated carbocycles. The summed E-state index contributed by atoms with van der Waals surface area (Å²) in [6, 6.07) is 0. The molecule has 0 spiro atoms. The lowest BCUT2D eigenvalue weighted by atomic mass is 10.2. The van der Waals surface area contributed by atoms with Gasteiger partial charge in [0, 0.05) is 6.42 Å². The first-order chi connectivity index (χ1) is 6.81. The van der Waals surface area contributed by atoms with E-state index in [4.69, 9.17) is 4.74 Å². The van der Waals surface area contributed by atoms with Crippen LogP contribution in [0.2, 0.25) is 0 Å². The average molecular weight is 199 g/mol. The summed E-state index contributed by atoms with van der Waals surface area (Å²) in [6.07, 6.45) is 8.03. The maximum atomic E-state index is 11.1. The standard InChI is InChI=1S/C12H23O2/c1-3-5-7-9-11-14-12(13)10-8-6-4-2/h2-11H2,1H3. The van der Waals surface area contributed by atoms with Crippen LogP contribution in [0.1, 0.15) is 58.3 Å². The lowest BCUT2D eigenvalue weighted by Crippen LogP contribution is -2.05. The topological polar surface area (TPSA) is 26.3 Å². The molecular weight excluding hydrogens is 176 g/mol. The number of hydrogen-bond acceptors (Lipinski definition) is 2. The Bertz CT molecular complexity index is 132. The van der Waals surface area contributed by atoms with E-state index in [-0.39, 0.29) is 5.97 Å². The van der Waals surface area contributed by atoms with Gasteiger partial charge in [0.1, 0.15) is 0 Å². The lowest BCUT2D eigenvalue weighted by Gasteiger charge is -2.03. The van der Waals surface area contributed by atoms with E-state index in [0.29, 0.717) is 13.0 Å². The number of carbonyl (C=O) groups is 1. The van der Waals surface area contributed by atoms with Crippen molar-refractivity contribution in [3.05, 3.63) is 6.92 Å². The Morgan fingerprint density at radius 2 is 1.93 bits per heavy atom. The Hall–Kier alpha value is -0.530. The molecule has 83 valence electrons. The molecule has 0 heterocycles. The average Bonchev–Trinajstić information content (AvgIpc) is 2.18. The quantitative estimate of drug-likeness (QED) is 0.419. The predicted molar refractivity (Wildman–Crippen MR) is 58.9 cm³/mol. The number of rotatable bonds is 9. The van der Waals surface area contributed by atoms with Gasteiger partial charge in [-0.1, -0.05) is 46.0 Å². The molecule has 2 nitrogen and oxygen atoms in total. The van der Waals surface area contributed by atoms with E-state index in [0.717, 1.165) is 25.7 Å². The second-order valence-corrected chi connectivity index (χ2v) is 3.59. The van der Waals surface area contributed by atoms with E-state index < -0.39 is 0 Å². The first-order valence-corrected chi connectivity index (χ1v) is 5.76. The first kappa shape index (κ1) is 13.5. The van der Waals surface area contributed by atoms with Crippen molar-refractivity contribution in [2.45, 2.75) is 58.3 Å². The highest BCUT2D eigenvalue weighted by atomic mass is 16.5. The van der Waals surface area contributed by atoms with Gasteiger partial charge in [-0.15, -0.1) is 0 Å². The smallest absolute Gasteiger partial charge is 0.305 e. The monoisotopic (exact) mass is 199 g/mol. The van der Waals surface area contributed by atoms with Gasteiger partial charge in [-0.2, -0.15) is 0 Å². The molecule has 0 N–H and O–H groups in total. The Morgan fingerprint density at radius 3 is 2.57 bits per heavy atom. The van der Waals surface area contributed by atoms with Crippen molar-refractivity contribution in [2.75, 3.05) is 6.61 Å². The summed E-state index contributed by atoms with van der Waals surface area (Å²) in [7, 11) is 0. The van der Waals surface area contributed by atoms with Gasteiger partial charge in [0.05, 0.1) is 6.61 Å². The minimum absolute atomic E-state index is 0.0463. The summed E-state index contributed by atoms with van der Waals surface area (Å²) < 4.78 is 5.08. The molecule has 0 fully saturated rings. The molecule has 0 aromatic carbocycles. The molecule has 0 rings (SSSR count). The molecule has 0 aromatic rings. The fourth-order valence-corrected chi connectivity index (χ4v) is 1.23. The minimum Gasteiger partial charge on any atom is -0.466 e. The summed E-state index contributed by atoms with van der Waals surface area (Å²) in [6.45, 7) is 6.50. The van der Waals surface area contributed by atoms with Crippen molar-refractivity contribution in [2.24, 2.45) is 0 Å². The SMILES string of the molecule is [CH2]CCCCC(=O)OCCCCCC. The van der Waals surface area contributed by atoms with Crippen molar-refractivity contribution in [1.82, 2.24) is 0 Å². The zero-order valence-corrected chi connectivity index (χ0v) is 9.39. The van der Waals surface area contributed by atoms with E-state index in [9.17, 15) is 4.79 Å². The summed E-state index contributed by atoms with van der Waals surface area (Å²) >= 11 is 0. The molecule has 0 bridgehead atoms. The number of carbonyl (C=O) groups excluding carboxylic acids is 1. The second-order valence-electron chi connectivity index (χ2n) is 3.59. The highest BCUT2D eigenvalue weighted by Crippen LogP contribution is 2.02. The van der Waals surface area contributed by atoms with Crippen LogP contribution >= 0.6 is 0 Å². The van der Waals surface area contributed by atoms with E-state index in [1.165, 1.54) is 19.3 Å². The summed E-state index contributed by atoms with van der Waals surface area (Å²) in [5, 5.41) is 0. The van der Waals surface area contributed by atoms with Crippen LogP contribution in [0, 0.1) is 6.92 Å². The molecule has 1 radical (unpaired) electrons. The van der Waals surface area contributed by atoms with Crippen LogP contribution in [0.4, 0.5) is 0 Å². The van der Waals surface area contributed by atoms with Crippen LogP contribution < -0.4 is 0 Å². The molecular formula is C12H23O2. The maximum Gasteiger partial charge on any atom is 0.305 e. The lowest BCUT2D eigenvalue weighted by molar-refractivity contribution is -0.143. The number of hydrogen-bond donors (Lipinski definition) is 0. The first-order valence-electron chi connectivity index (χ1n) is 5.76. The molecule has 2 heteroatoms. The molecule has 14 heavy (non-hydrogen) atoms. The van der Waals surface area contributed by atoms with Gasteiger partial charge in [0.15, 0.2) is 0 Å². The van der Waals surface area contributed by atoms with Crippen molar-refractivity contribution in [1.29, 1.82) is 0 Å². The summed E-state index contributed by atoms with van der Waals surface area (Å²) in [5.74, 6) is -0.0463. The van der Waals surface area contributed by atoms with Gasteiger partial charge >= 0.3 is 5.97 Å². The van der Waals surface area contributed by atoms with Crippen LogP contribution in [0.15, 0.2) is 0 Å². The van der Waals surface area contributed by atoms with E-state index in [1.807, 2.05) is 0 Å². The van der Waals surface area contributed by atoms with Gasteiger partial charge in [0.2, 0.25) is 0 Å². The van der Waals surface area contributed by atoms with Gasteiger partial charge in [-0.3, -0.25) is 4.79 Å². The predicted octanol–water partition coefficient (Wildman–Crippen LogP) is 3.50. The van der Waals surface area contributed by atoms with Crippen LogP contribution in [-0.2, 0) is 9.53 Å². The van der Waals surface area contributed by atoms with Crippen molar-refractivity contribution < 1.29 is 9.53 Å². The third-order valence-electron chi connectivity index (χ3n) is 2.14. The largest absolute Gasteiger partial charge is 0.466 e. The van der Waals surface area contributed by atoms with Crippen molar-refractivity contribution in [3.63, 3.8) is 0 Å². The van der Waals surface area contributed by atoms with Crippen molar-refractivity contribution >= 4 is 5.97 Å². The Morgan fingerprint density at radius 1 is 1.14 bits per heavy atom. The zero-order chi connectivity index (χ0) is 10.6. The van der Waals surface area contributed by atoms with Crippen LogP contribution in [0.25, 0.3) is 0 Å². The number of esters is 1. The van der Waals surface area contributed by atoms with Gasteiger partial charge in [-0.05, 0) is 12.8 Å². The molecule has 0 aliphatic heterocycles. The fourth-order valence-electron chi connectivity index (χ4n) is 1.23. The minimum atomic E-state index is -0.0463. The summed E-state index contributed by atoms with van der Waals surface area (Å²) in [5.41, 5.74) is 0. The summed E-state index contributed by atoms with van der Waals surface area (Å²) in [4.78, 5) is 11.1. The zero-order valence-electron chi connectivity index (χ0n) is 9.39. The molecule has 0 aliphatic carbocycles. The van der Waals surface area contributed by atoms with E-state index in [1.54, 1.807) is 0 Å². The second kappa shape index (κ2) is 10.6. The van der Waals surface area contributed by atoms with Gasteiger partial charge in [-0.25, -0.2) is 0 Å². The fraction of sp³-hybridized carbons (Fsp3) is 0.833. The highest BCUT2D eigenvalue weighted by Gasteiger charge is 2.00. The molecule has 0 saturated heterocycles. The van der Waals surface area contributed by atoms with Gasteiger partial charge in [0.25, 0.3) is 0 Å². The normalized spacial score (nSPS) is 10.1. The maximum absolute atomic E-state index is 11.1.